The number of aromatic nitrogens is 2. The number of thiophene rings is 1. The molecule has 8 nitrogen and oxygen atoms in total. The molecule has 34 heavy (non-hydrogen) atoms. The standard InChI is InChI=1S/C25H36N4O4S/c1-6-26-19(30)13-15-7-12-18-20(15)21-22(27-14-28-23(21)34-18)32-17-10-8-16(9-11-17)29(5)24(31)33-25(2,3)4/h14-17H,6-13H2,1-5H3,(H,26,30)/t15-,16-,17-/m1/s1. The van der Waals surface area contributed by atoms with E-state index in [2.05, 4.69) is 15.3 Å². The van der Waals surface area contributed by atoms with Gasteiger partial charge in [-0.25, -0.2) is 14.8 Å². The van der Waals surface area contributed by atoms with Crippen LogP contribution in [-0.4, -0.2) is 58.2 Å². The summed E-state index contributed by atoms with van der Waals surface area (Å²) < 4.78 is 12.0. The SMILES string of the molecule is CCNC(=O)C[C@H]1CCc2sc3ncnc(O[C@H]4CC[C@H](N(C)C(=O)OC(C)(C)C)CC4)c3c21. The van der Waals surface area contributed by atoms with Crippen LogP contribution in [0.15, 0.2) is 6.33 Å². The van der Waals surface area contributed by atoms with Gasteiger partial charge in [0.25, 0.3) is 0 Å². The lowest BCUT2D eigenvalue weighted by Gasteiger charge is -2.35. The highest BCUT2D eigenvalue weighted by molar-refractivity contribution is 7.19. The van der Waals surface area contributed by atoms with Gasteiger partial charge in [0.05, 0.1) is 5.39 Å². The van der Waals surface area contributed by atoms with Gasteiger partial charge in [-0.1, -0.05) is 0 Å². The van der Waals surface area contributed by atoms with E-state index in [1.807, 2.05) is 34.7 Å². The summed E-state index contributed by atoms with van der Waals surface area (Å²) in [4.78, 5) is 37.7. The van der Waals surface area contributed by atoms with Crippen molar-refractivity contribution in [3.8, 4) is 5.88 Å². The topological polar surface area (TPSA) is 93.6 Å². The van der Waals surface area contributed by atoms with Crippen molar-refractivity contribution in [1.82, 2.24) is 20.2 Å². The third kappa shape index (κ3) is 5.45. The Hall–Kier alpha value is -2.42. The monoisotopic (exact) mass is 488 g/mol. The van der Waals surface area contributed by atoms with E-state index in [-0.39, 0.29) is 30.1 Å². The number of hydrogen-bond acceptors (Lipinski definition) is 7. The van der Waals surface area contributed by atoms with Crippen LogP contribution in [-0.2, 0) is 16.0 Å². The van der Waals surface area contributed by atoms with Gasteiger partial charge >= 0.3 is 6.09 Å². The van der Waals surface area contributed by atoms with Crippen LogP contribution in [0.1, 0.15) is 82.6 Å². The van der Waals surface area contributed by atoms with Crippen molar-refractivity contribution in [1.29, 1.82) is 0 Å². The van der Waals surface area contributed by atoms with E-state index in [1.165, 1.54) is 10.4 Å². The number of fused-ring (bicyclic) bond motifs is 3. The Morgan fingerprint density at radius 1 is 1.18 bits per heavy atom. The number of nitrogens with one attached hydrogen (secondary N) is 1. The van der Waals surface area contributed by atoms with E-state index >= 15 is 0 Å². The largest absolute Gasteiger partial charge is 0.474 e. The number of aryl methyl sites for hydroxylation is 1. The average molecular weight is 489 g/mol. The molecule has 2 aliphatic carbocycles. The molecule has 0 radical (unpaired) electrons. The van der Waals surface area contributed by atoms with E-state index in [0.717, 1.165) is 48.7 Å². The molecule has 186 valence electrons. The second-order valence-electron chi connectivity index (χ2n) is 10.3. The lowest BCUT2D eigenvalue weighted by Crippen LogP contribution is -2.43. The minimum atomic E-state index is -0.500. The minimum Gasteiger partial charge on any atom is -0.474 e. The summed E-state index contributed by atoms with van der Waals surface area (Å²) in [6, 6.07) is 0.145. The van der Waals surface area contributed by atoms with Crippen molar-refractivity contribution in [3.63, 3.8) is 0 Å². The second kappa shape index (κ2) is 10.1. The van der Waals surface area contributed by atoms with Crippen molar-refractivity contribution < 1.29 is 19.1 Å². The van der Waals surface area contributed by atoms with Gasteiger partial charge < -0.3 is 19.7 Å². The van der Waals surface area contributed by atoms with Crippen LogP contribution < -0.4 is 10.1 Å². The smallest absolute Gasteiger partial charge is 0.410 e. The summed E-state index contributed by atoms with van der Waals surface area (Å²) >= 11 is 1.70. The molecule has 2 aromatic rings. The molecule has 1 saturated carbocycles. The molecule has 2 aliphatic rings. The van der Waals surface area contributed by atoms with Crippen LogP contribution in [0.5, 0.6) is 5.88 Å². The molecular weight excluding hydrogens is 452 g/mol. The summed E-state index contributed by atoms with van der Waals surface area (Å²) in [5, 5.41) is 3.91. The maximum atomic E-state index is 12.4. The number of nitrogens with zero attached hydrogens (tertiary/aromatic N) is 3. The molecule has 0 unspecified atom stereocenters. The van der Waals surface area contributed by atoms with Gasteiger partial charge in [-0.2, -0.15) is 0 Å². The summed E-state index contributed by atoms with van der Waals surface area (Å²) in [6.45, 7) is 8.24. The normalized spacial score (nSPS) is 22.3. The van der Waals surface area contributed by atoms with E-state index < -0.39 is 5.60 Å². The molecule has 1 N–H and O–H groups in total. The third-order valence-corrected chi connectivity index (χ3v) is 7.83. The molecular formula is C25H36N4O4S. The quantitative estimate of drug-likeness (QED) is 0.628. The zero-order valence-corrected chi connectivity index (χ0v) is 21.7. The number of ether oxygens (including phenoxy) is 2. The van der Waals surface area contributed by atoms with E-state index in [0.29, 0.717) is 18.8 Å². The lowest BCUT2D eigenvalue weighted by molar-refractivity contribution is -0.121. The van der Waals surface area contributed by atoms with Crippen molar-refractivity contribution in [2.75, 3.05) is 13.6 Å². The fourth-order valence-corrected chi connectivity index (χ4v) is 6.25. The van der Waals surface area contributed by atoms with Crippen LogP contribution in [0, 0.1) is 0 Å². The molecule has 2 amide bonds. The fraction of sp³-hybridized carbons (Fsp3) is 0.680. The number of hydrogen-bond donors (Lipinski definition) is 1. The van der Waals surface area contributed by atoms with Crippen LogP contribution in [0.2, 0.25) is 0 Å². The molecule has 0 saturated heterocycles. The third-order valence-electron chi connectivity index (χ3n) is 6.65. The highest BCUT2D eigenvalue weighted by Crippen LogP contribution is 2.47. The first-order chi connectivity index (χ1) is 16.2. The second-order valence-corrected chi connectivity index (χ2v) is 11.4. The maximum absolute atomic E-state index is 12.4. The Bertz CT molecular complexity index is 1040. The molecule has 0 spiro atoms. The Labute approximate surface area is 205 Å². The molecule has 2 aromatic heterocycles. The van der Waals surface area contributed by atoms with Gasteiger partial charge in [0.15, 0.2) is 0 Å². The number of amides is 2. The molecule has 1 atom stereocenters. The Morgan fingerprint density at radius 2 is 1.91 bits per heavy atom. The Balaban J connectivity index is 1.44. The molecule has 2 heterocycles. The molecule has 4 rings (SSSR count). The van der Waals surface area contributed by atoms with Gasteiger partial charge in [0, 0.05) is 30.9 Å². The Kier molecular flexibility index (Phi) is 7.31. The fourth-order valence-electron chi connectivity index (χ4n) is 5.02. The first-order valence-corrected chi connectivity index (χ1v) is 13.1. The molecule has 0 aromatic carbocycles. The minimum absolute atomic E-state index is 0.0418. The maximum Gasteiger partial charge on any atom is 0.410 e. The highest BCUT2D eigenvalue weighted by atomic mass is 32.1. The van der Waals surface area contributed by atoms with E-state index in [9.17, 15) is 9.59 Å². The van der Waals surface area contributed by atoms with E-state index in [1.54, 1.807) is 22.6 Å². The summed E-state index contributed by atoms with van der Waals surface area (Å²) in [5.74, 6) is 0.905. The van der Waals surface area contributed by atoms with Crippen LogP contribution in [0.25, 0.3) is 10.2 Å². The average Bonchev–Trinajstić information content (AvgIpc) is 3.33. The lowest BCUT2D eigenvalue weighted by atomic mass is 9.92. The van der Waals surface area contributed by atoms with Crippen molar-refractivity contribution in [3.05, 3.63) is 16.8 Å². The summed E-state index contributed by atoms with van der Waals surface area (Å²) in [5.41, 5.74) is 0.708. The summed E-state index contributed by atoms with van der Waals surface area (Å²) in [7, 11) is 1.82. The predicted octanol–water partition coefficient (Wildman–Crippen LogP) is 4.80. The van der Waals surface area contributed by atoms with Crippen molar-refractivity contribution >= 4 is 33.6 Å². The first kappa shape index (κ1) is 24.7. The number of carbonyl (C=O) groups is 2. The molecule has 1 fully saturated rings. The molecule has 9 heteroatoms. The van der Waals surface area contributed by atoms with Gasteiger partial charge in [0.2, 0.25) is 11.8 Å². The van der Waals surface area contributed by atoms with Crippen molar-refractivity contribution in [2.45, 2.75) is 96.3 Å². The van der Waals surface area contributed by atoms with Gasteiger partial charge in [0.1, 0.15) is 22.9 Å². The molecule has 0 bridgehead atoms. The number of rotatable bonds is 6. The first-order valence-electron chi connectivity index (χ1n) is 12.3. The van der Waals surface area contributed by atoms with Crippen LogP contribution in [0.4, 0.5) is 4.79 Å². The van der Waals surface area contributed by atoms with Crippen LogP contribution >= 0.6 is 11.3 Å². The predicted molar refractivity (Wildman–Crippen MR) is 132 cm³/mol. The van der Waals surface area contributed by atoms with Crippen molar-refractivity contribution in [2.24, 2.45) is 0 Å². The summed E-state index contributed by atoms with van der Waals surface area (Å²) in [6.07, 6.45) is 7.18. The van der Waals surface area contributed by atoms with E-state index in [4.69, 9.17) is 9.47 Å². The van der Waals surface area contributed by atoms with Gasteiger partial charge in [-0.3, -0.25) is 4.79 Å². The zero-order chi connectivity index (χ0) is 24.5. The highest BCUT2D eigenvalue weighted by Gasteiger charge is 2.33. The zero-order valence-electron chi connectivity index (χ0n) is 20.8. The van der Waals surface area contributed by atoms with Gasteiger partial charge in [-0.05, 0) is 77.7 Å². The van der Waals surface area contributed by atoms with Crippen LogP contribution in [0.3, 0.4) is 0 Å². The molecule has 0 aliphatic heterocycles. The Morgan fingerprint density at radius 3 is 2.59 bits per heavy atom. The van der Waals surface area contributed by atoms with Gasteiger partial charge in [-0.15, -0.1) is 11.3 Å². The number of carbonyl (C=O) groups excluding carboxylic acids is 2.